The standard InChI is InChI=1S/C19H26O6/c1-9-6-7-14(23-11(3)20)19(5)15(24-12(4)21)8-13-10(2)18(22)25-17(13)16(9)19/h6,10,13-17H,7-8H2,1-5H3/t10-,13-,14+,15-,16+,17-,19+/m0/s1. The molecular weight excluding hydrogens is 324 g/mol. The molecule has 7 atom stereocenters. The van der Waals surface area contributed by atoms with Crippen molar-refractivity contribution in [2.45, 2.75) is 65.8 Å². The molecule has 25 heavy (non-hydrogen) atoms. The van der Waals surface area contributed by atoms with E-state index >= 15 is 0 Å². The van der Waals surface area contributed by atoms with Gasteiger partial charge in [-0.25, -0.2) is 0 Å². The first-order valence-electron chi connectivity index (χ1n) is 8.87. The quantitative estimate of drug-likeness (QED) is 0.432. The van der Waals surface area contributed by atoms with Crippen LogP contribution in [0.3, 0.4) is 0 Å². The van der Waals surface area contributed by atoms with Crippen LogP contribution < -0.4 is 0 Å². The Hall–Kier alpha value is -1.85. The molecule has 0 radical (unpaired) electrons. The van der Waals surface area contributed by atoms with Gasteiger partial charge in [-0.05, 0) is 13.3 Å². The van der Waals surface area contributed by atoms with E-state index in [2.05, 4.69) is 0 Å². The Bertz CT molecular complexity index is 638. The summed E-state index contributed by atoms with van der Waals surface area (Å²) in [6, 6.07) is 0. The summed E-state index contributed by atoms with van der Waals surface area (Å²) in [5, 5.41) is 0. The summed E-state index contributed by atoms with van der Waals surface area (Å²) in [4.78, 5) is 35.5. The second-order valence-corrected chi connectivity index (χ2v) is 7.81. The normalized spacial score (nSPS) is 42.6. The smallest absolute Gasteiger partial charge is 0.309 e. The highest BCUT2D eigenvalue weighted by Crippen LogP contribution is 2.58. The van der Waals surface area contributed by atoms with Gasteiger partial charge in [0.15, 0.2) is 0 Å². The Balaban J connectivity index is 2.07. The second-order valence-electron chi connectivity index (χ2n) is 7.81. The van der Waals surface area contributed by atoms with Crippen LogP contribution in [0.15, 0.2) is 11.6 Å². The maximum atomic E-state index is 12.2. The van der Waals surface area contributed by atoms with Crippen LogP contribution in [0.2, 0.25) is 0 Å². The second kappa shape index (κ2) is 6.15. The predicted octanol–water partition coefficient (Wildman–Crippen LogP) is 2.40. The number of carbonyl (C=O) groups excluding carboxylic acids is 3. The highest BCUT2D eigenvalue weighted by Gasteiger charge is 2.64. The van der Waals surface area contributed by atoms with Crippen molar-refractivity contribution in [3.05, 3.63) is 11.6 Å². The average molecular weight is 350 g/mol. The van der Waals surface area contributed by atoms with Gasteiger partial charge in [-0.3, -0.25) is 14.4 Å². The molecule has 1 saturated carbocycles. The van der Waals surface area contributed by atoms with E-state index in [1.807, 2.05) is 26.8 Å². The first-order chi connectivity index (χ1) is 11.7. The van der Waals surface area contributed by atoms with Gasteiger partial charge in [0, 0.05) is 32.1 Å². The van der Waals surface area contributed by atoms with Gasteiger partial charge < -0.3 is 14.2 Å². The number of fused-ring (bicyclic) bond motifs is 3. The molecule has 0 spiro atoms. The van der Waals surface area contributed by atoms with Crippen LogP contribution in [-0.4, -0.2) is 36.2 Å². The Kier molecular flexibility index (Phi) is 4.41. The number of rotatable bonds is 2. The highest BCUT2D eigenvalue weighted by atomic mass is 16.6. The van der Waals surface area contributed by atoms with Crippen molar-refractivity contribution < 1.29 is 28.6 Å². The molecular formula is C19H26O6. The number of esters is 3. The van der Waals surface area contributed by atoms with Crippen molar-refractivity contribution >= 4 is 17.9 Å². The summed E-state index contributed by atoms with van der Waals surface area (Å²) >= 11 is 0. The average Bonchev–Trinajstić information content (AvgIpc) is 2.77. The predicted molar refractivity (Wildman–Crippen MR) is 88.2 cm³/mol. The van der Waals surface area contributed by atoms with Crippen LogP contribution in [-0.2, 0) is 28.6 Å². The summed E-state index contributed by atoms with van der Waals surface area (Å²) in [7, 11) is 0. The zero-order valence-electron chi connectivity index (χ0n) is 15.4. The van der Waals surface area contributed by atoms with Gasteiger partial charge in [-0.2, -0.15) is 0 Å². The lowest BCUT2D eigenvalue weighted by Gasteiger charge is -2.55. The fourth-order valence-corrected chi connectivity index (χ4v) is 5.08. The van der Waals surface area contributed by atoms with Gasteiger partial charge in [-0.15, -0.1) is 0 Å². The molecule has 3 aliphatic rings. The summed E-state index contributed by atoms with van der Waals surface area (Å²) in [5.41, 5.74) is 0.474. The summed E-state index contributed by atoms with van der Waals surface area (Å²) in [6.45, 7) is 8.63. The summed E-state index contributed by atoms with van der Waals surface area (Å²) in [5.74, 6) is -1.30. The number of carbonyl (C=O) groups is 3. The first kappa shape index (κ1) is 18.0. The molecule has 1 aliphatic heterocycles. The molecule has 3 rings (SSSR count). The maximum absolute atomic E-state index is 12.2. The Morgan fingerprint density at radius 2 is 1.80 bits per heavy atom. The van der Waals surface area contributed by atoms with Crippen LogP contribution in [0.4, 0.5) is 0 Å². The van der Waals surface area contributed by atoms with E-state index in [9.17, 15) is 14.4 Å². The monoisotopic (exact) mass is 350 g/mol. The minimum Gasteiger partial charge on any atom is -0.462 e. The van der Waals surface area contributed by atoms with Crippen molar-refractivity contribution in [1.82, 2.24) is 0 Å². The van der Waals surface area contributed by atoms with E-state index < -0.39 is 17.6 Å². The lowest BCUT2D eigenvalue weighted by molar-refractivity contribution is -0.201. The van der Waals surface area contributed by atoms with E-state index in [0.717, 1.165) is 5.57 Å². The van der Waals surface area contributed by atoms with Crippen LogP contribution in [0.5, 0.6) is 0 Å². The van der Waals surface area contributed by atoms with E-state index in [1.165, 1.54) is 13.8 Å². The zero-order chi connectivity index (χ0) is 18.5. The minimum absolute atomic E-state index is 0.00523. The summed E-state index contributed by atoms with van der Waals surface area (Å²) < 4.78 is 17.0. The Labute approximate surface area is 147 Å². The van der Waals surface area contributed by atoms with Crippen LogP contribution >= 0.6 is 0 Å². The molecule has 6 heteroatoms. The fourth-order valence-electron chi connectivity index (χ4n) is 5.08. The lowest BCUT2D eigenvalue weighted by atomic mass is 9.53. The Morgan fingerprint density at radius 3 is 2.40 bits per heavy atom. The number of ether oxygens (including phenoxy) is 3. The zero-order valence-corrected chi connectivity index (χ0v) is 15.4. The summed E-state index contributed by atoms with van der Waals surface area (Å²) in [6.07, 6.45) is 2.03. The largest absolute Gasteiger partial charge is 0.462 e. The molecule has 2 aliphatic carbocycles. The van der Waals surface area contributed by atoms with Crippen LogP contribution in [0, 0.1) is 23.2 Å². The van der Waals surface area contributed by atoms with Gasteiger partial charge in [0.2, 0.25) is 0 Å². The highest BCUT2D eigenvalue weighted by molar-refractivity contribution is 5.75. The van der Waals surface area contributed by atoms with Crippen molar-refractivity contribution in [1.29, 1.82) is 0 Å². The topological polar surface area (TPSA) is 78.9 Å². The molecule has 138 valence electrons. The van der Waals surface area contributed by atoms with Crippen LogP contribution in [0.25, 0.3) is 0 Å². The van der Waals surface area contributed by atoms with Crippen molar-refractivity contribution in [3.8, 4) is 0 Å². The van der Waals surface area contributed by atoms with E-state index in [0.29, 0.717) is 12.8 Å². The van der Waals surface area contributed by atoms with Gasteiger partial charge in [-0.1, -0.05) is 25.5 Å². The van der Waals surface area contributed by atoms with Crippen molar-refractivity contribution in [2.24, 2.45) is 23.2 Å². The molecule has 0 unspecified atom stereocenters. The van der Waals surface area contributed by atoms with Crippen molar-refractivity contribution in [3.63, 3.8) is 0 Å². The number of hydrogen-bond acceptors (Lipinski definition) is 6. The molecule has 0 N–H and O–H groups in total. The Morgan fingerprint density at radius 1 is 1.20 bits per heavy atom. The third-order valence-corrected chi connectivity index (χ3v) is 6.32. The molecule has 0 aromatic heterocycles. The van der Waals surface area contributed by atoms with Gasteiger partial charge in [0.1, 0.15) is 18.3 Å². The van der Waals surface area contributed by atoms with E-state index in [-0.39, 0.29) is 41.8 Å². The third-order valence-electron chi connectivity index (χ3n) is 6.32. The van der Waals surface area contributed by atoms with E-state index in [1.54, 1.807) is 0 Å². The molecule has 1 saturated heterocycles. The SMILES string of the molecule is CC(=O)O[C@H]1C[C@@H]2[C@H](OC(=O)[C@H]2C)[C@H]2C(C)=CC[C@@H](OC(C)=O)[C@]12C. The van der Waals surface area contributed by atoms with Gasteiger partial charge >= 0.3 is 17.9 Å². The first-order valence-corrected chi connectivity index (χ1v) is 8.87. The fraction of sp³-hybridized carbons (Fsp3) is 0.737. The minimum atomic E-state index is -0.623. The molecule has 0 aromatic carbocycles. The van der Waals surface area contributed by atoms with Crippen LogP contribution in [0.1, 0.15) is 47.5 Å². The molecule has 0 aromatic rings. The van der Waals surface area contributed by atoms with Gasteiger partial charge in [0.25, 0.3) is 0 Å². The van der Waals surface area contributed by atoms with Crippen molar-refractivity contribution in [2.75, 3.05) is 0 Å². The molecule has 0 amide bonds. The number of hydrogen-bond donors (Lipinski definition) is 0. The van der Waals surface area contributed by atoms with Gasteiger partial charge in [0.05, 0.1) is 11.3 Å². The molecule has 1 heterocycles. The lowest BCUT2D eigenvalue weighted by Crippen LogP contribution is -2.61. The maximum Gasteiger partial charge on any atom is 0.309 e. The molecule has 2 fully saturated rings. The van der Waals surface area contributed by atoms with E-state index in [4.69, 9.17) is 14.2 Å². The molecule has 0 bridgehead atoms. The molecule has 6 nitrogen and oxygen atoms in total. The third kappa shape index (κ3) is 2.75.